The molecule has 0 spiro atoms. The van der Waals surface area contributed by atoms with Crippen LogP contribution < -0.4 is 4.74 Å². The molecule has 0 aliphatic carbocycles. The Morgan fingerprint density at radius 2 is 1.72 bits per heavy atom. The van der Waals surface area contributed by atoms with Crippen LogP contribution in [0.4, 0.5) is 0 Å². The standard InChI is InChI=1S/C28H27N5O5S/c1-18-26(39-24(31-18)16-38-28-29-12-3-13-30-28)23-5-2-4-22(32-23)19-6-8-20(9-7-19)27(36)33-14-10-21(11-15-33)37-17-25(34)35/h2-9,12-13,21H,10-11,14-17H2,1H3,(H,34,35). The first-order valence-electron chi connectivity index (χ1n) is 12.5. The Labute approximate surface area is 229 Å². The summed E-state index contributed by atoms with van der Waals surface area (Å²) < 4.78 is 11.0. The first-order valence-corrected chi connectivity index (χ1v) is 13.3. The average Bonchev–Trinajstić information content (AvgIpc) is 3.36. The molecule has 1 fully saturated rings. The number of carboxylic acid groups (broad SMARTS) is 1. The number of amides is 1. The summed E-state index contributed by atoms with van der Waals surface area (Å²) in [5, 5.41) is 9.58. The number of aryl methyl sites for hydroxylation is 1. The number of aliphatic carboxylic acids is 1. The van der Waals surface area contributed by atoms with Crippen molar-refractivity contribution < 1.29 is 24.2 Å². The van der Waals surface area contributed by atoms with E-state index in [0.29, 0.717) is 37.5 Å². The van der Waals surface area contributed by atoms with Crippen LogP contribution in [0.2, 0.25) is 0 Å². The molecule has 4 aromatic rings. The highest BCUT2D eigenvalue weighted by atomic mass is 32.1. The van der Waals surface area contributed by atoms with Gasteiger partial charge in [0.05, 0.1) is 28.1 Å². The van der Waals surface area contributed by atoms with Gasteiger partial charge in [-0.3, -0.25) is 4.79 Å². The van der Waals surface area contributed by atoms with Crippen molar-refractivity contribution in [3.8, 4) is 27.8 Å². The van der Waals surface area contributed by atoms with Gasteiger partial charge < -0.3 is 19.5 Å². The van der Waals surface area contributed by atoms with E-state index in [2.05, 4.69) is 15.0 Å². The highest BCUT2D eigenvalue weighted by Crippen LogP contribution is 2.31. The molecule has 11 heteroatoms. The Morgan fingerprint density at radius 1 is 1.00 bits per heavy atom. The van der Waals surface area contributed by atoms with Gasteiger partial charge in [0.15, 0.2) is 0 Å². The molecule has 0 radical (unpaired) electrons. The van der Waals surface area contributed by atoms with Crippen molar-refractivity contribution in [2.75, 3.05) is 19.7 Å². The normalized spacial score (nSPS) is 13.8. The Kier molecular flexibility index (Phi) is 8.18. The lowest BCUT2D eigenvalue weighted by Crippen LogP contribution is -2.41. The number of rotatable bonds is 9. The molecule has 200 valence electrons. The molecule has 4 heterocycles. The molecule has 3 aromatic heterocycles. The summed E-state index contributed by atoms with van der Waals surface area (Å²) in [6, 6.07) is 15.3. The van der Waals surface area contributed by atoms with Gasteiger partial charge in [0.25, 0.3) is 5.91 Å². The largest absolute Gasteiger partial charge is 0.480 e. The van der Waals surface area contributed by atoms with Crippen molar-refractivity contribution in [1.82, 2.24) is 24.8 Å². The monoisotopic (exact) mass is 545 g/mol. The van der Waals surface area contributed by atoms with Gasteiger partial charge in [0.1, 0.15) is 18.2 Å². The van der Waals surface area contributed by atoms with Gasteiger partial charge in [-0.25, -0.2) is 24.7 Å². The van der Waals surface area contributed by atoms with E-state index in [1.54, 1.807) is 23.4 Å². The SMILES string of the molecule is Cc1nc(COc2ncccn2)sc1-c1cccc(-c2ccc(C(=O)N3CCC(OCC(=O)O)CC3)cc2)n1. The number of carboxylic acids is 1. The van der Waals surface area contributed by atoms with Gasteiger partial charge >= 0.3 is 12.0 Å². The lowest BCUT2D eigenvalue weighted by molar-refractivity contribution is -0.145. The first kappa shape index (κ1) is 26.4. The molecule has 1 aliphatic heterocycles. The van der Waals surface area contributed by atoms with Gasteiger partial charge in [-0.2, -0.15) is 0 Å². The molecule has 0 bridgehead atoms. The van der Waals surface area contributed by atoms with Crippen molar-refractivity contribution in [1.29, 1.82) is 0 Å². The minimum atomic E-state index is -0.982. The lowest BCUT2D eigenvalue weighted by Gasteiger charge is -2.31. The molecule has 0 saturated carbocycles. The maximum absolute atomic E-state index is 13.0. The smallest absolute Gasteiger partial charge is 0.329 e. The average molecular weight is 546 g/mol. The van der Waals surface area contributed by atoms with E-state index >= 15 is 0 Å². The minimum Gasteiger partial charge on any atom is -0.480 e. The van der Waals surface area contributed by atoms with Crippen molar-refractivity contribution in [3.05, 3.63) is 77.2 Å². The van der Waals surface area contributed by atoms with Gasteiger partial charge in [0, 0.05) is 36.6 Å². The molecular formula is C28H27N5O5S. The van der Waals surface area contributed by atoms with Crippen molar-refractivity contribution in [2.45, 2.75) is 32.5 Å². The van der Waals surface area contributed by atoms with Crippen LogP contribution in [0.15, 0.2) is 60.9 Å². The third-order valence-corrected chi connectivity index (χ3v) is 7.44. The van der Waals surface area contributed by atoms with E-state index in [1.807, 2.05) is 49.4 Å². The van der Waals surface area contributed by atoms with E-state index in [1.165, 1.54) is 11.3 Å². The van der Waals surface area contributed by atoms with Crippen LogP contribution >= 0.6 is 11.3 Å². The van der Waals surface area contributed by atoms with Crippen LogP contribution in [-0.2, 0) is 16.1 Å². The number of piperidine rings is 1. The van der Waals surface area contributed by atoms with Crippen LogP contribution in [0.5, 0.6) is 6.01 Å². The van der Waals surface area contributed by atoms with Gasteiger partial charge in [0.2, 0.25) is 0 Å². The number of carbonyl (C=O) groups is 2. The number of ether oxygens (including phenoxy) is 2. The van der Waals surface area contributed by atoms with E-state index in [4.69, 9.17) is 19.6 Å². The second kappa shape index (κ2) is 12.1. The number of thiazole rings is 1. The zero-order chi connectivity index (χ0) is 27.2. The molecule has 39 heavy (non-hydrogen) atoms. The number of pyridine rings is 1. The van der Waals surface area contributed by atoms with Crippen molar-refractivity contribution in [2.24, 2.45) is 0 Å². The van der Waals surface area contributed by atoms with E-state index in [0.717, 1.165) is 32.5 Å². The fourth-order valence-electron chi connectivity index (χ4n) is 4.34. The Morgan fingerprint density at radius 3 is 2.44 bits per heavy atom. The Balaban J connectivity index is 1.23. The van der Waals surface area contributed by atoms with Crippen LogP contribution in [0.25, 0.3) is 21.8 Å². The Bertz CT molecular complexity index is 1440. The molecule has 1 aromatic carbocycles. The summed E-state index contributed by atoms with van der Waals surface area (Å²) >= 11 is 1.52. The second-order valence-electron chi connectivity index (χ2n) is 9.02. The predicted octanol–water partition coefficient (Wildman–Crippen LogP) is 4.26. The van der Waals surface area contributed by atoms with Crippen molar-refractivity contribution in [3.63, 3.8) is 0 Å². The Hall–Kier alpha value is -4.22. The number of hydrogen-bond donors (Lipinski definition) is 1. The number of likely N-dealkylation sites (tertiary alicyclic amines) is 1. The maximum atomic E-state index is 13.0. The minimum absolute atomic E-state index is 0.0455. The summed E-state index contributed by atoms with van der Waals surface area (Å²) in [5.41, 5.74) is 3.99. The fraction of sp³-hybridized carbons (Fsp3) is 0.286. The van der Waals surface area contributed by atoms with E-state index < -0.39 is 5.97 Å². The second-order valence-corrected chi connectivity index (χ2v) is 10.1. The molecule has 0 atom stereocenters. The van der Waals surface area contributed by atoms with Gasteiger partial charge in [-0.05, 0) is 50.1 Å². The molecule has 1 N–H and O–H groups in total. The van der Waals surface area contributed by atoms with E-state index in [9.17, 15) is 9.59 Å². The number of nitrogens with zero attached hydrogens (tertiary/aromatic N) is 5. The first-order chi connectivity index (χ1) is 19.0. The summed E-state index contributed by atoms with van der Waals surface area (Å²) in [4.78, 5) is 44.1. The lowest BCUT2D eigenvalue weighted by atomic mass is 10.0. The number of carbonyl (C=O) groups excluding carboxylic acids is 1. The van der Waals surface area contributed by atoms with Gasteiger partial charge in [-0.15, -0.1) is 11.3 Å². The molecule has 1 aliphatic rings. The molecule has 0 unspecified atom stereocenters. The number of benzene rings is 1. The maximum Gasteiger partial charge on any atom is 0.329 e. The fourth-order valence-corrected chi connectivity index (χ4v) is 5.29. The van der Waals surface area contributed by atoms with Crippen LogP contribution in [0, 0.1) is 6.92 Å². The van der Waals surface area contributed by atoms with Gasteiger partial charge in [-0.1, -0.05) is 18.2 Å². The molecule has 1 saturated heterocycles. The van der Waals surface area contributed by atoms with Crippen LogP contribution in [-0.4, -0.2) is 67.6 Å². The quantitative estimate of drug-likeness (QED) is 0.328. The molecule has 5 rings (SSSR count). The van der Waals surface area contributed by atoms with Crippen LogP contribution in [0.1, 0.15) is 33.9 Å². The third kappa shape index (κ3) is 6.62. The van der Waals surface area contributed by atoms with E-state index in [-0.39, 0.29) is 25.2 Å². The molecular weight excluding hydrogens is 518 g/mol. The van der Waals surface area contributed by atoms with Crippen molar-refractivity contribution >= 4 is 23.2 Å². The number of hydrogen-bond acceptors (Lipinski definition) is 9. The summed E-state index contributed by atoms with van der Waals surface area (Å²) in [6.07, 6.45) is 4.37. The number of aromatic nitrogens is 4. The summed E-state index contributed by atoms with van der Waals surface area (Å²) in [7, 11) is 0. The topological polar surface area (TPSA) is 128 Å². The predicted molar refractivity (Wildman–Crippen MR) is 144 cm³/mol. The molecule has 10 nitrogen and oxygen atoms in total. The zero-order valence-corrected chi connectivity index (χ0v) is 22.1. The molecule has 1 amide bonds. The summed E-state index contributed by atoms with van der Waals surface area (Å²) in [5.74, 6) is -1.03. The highest BCUT2D eigenvalue weighted by Gasteiger charge is 2.24. The van der Waals surface area contributed by atoms with Crippen LogP contribution in [0.3, 0.4) is 0 Å². The zero-order valence-electron chi connectivity index (χ0n) is 21.3. The summed E-state index contributed by atoms with van der Waals surface area (Å²) in [6.45, 7) is 2.99. The third-order valence-electron chi connectivity index (χ3n) is 6.29. The highest BCUT2D eigenvalue weighted by molar-refractivity contribution is 7.15.